The molecular weight excluding hydrogens is 230 g/mol. The zero-order valence-corrected chi connectivity index (χ0v) is 12.8. The SMILES string of the molecule is CCCC1CCCC(N)(c2ccc(C)c(C)c2)CC1. The maximum Gasteiger partial charge on any atom is 0.0409 e. The lowest BCUT2D eigenvalue weighted by molar-refractivity contribution is 0.367. The summed E-state index contributed by atoms with van der Waals surface area (Å²) in [5.41, 5.74) is 10.8. The minimum atomic E-state index is -0.0824. The smallest absolute Gasteiger partial charge is 0.0409 e. The fraction of sp³-hybridized carbons (Fsp3) is 0.667. The van der Waals surface area contributed by atoms with Gasteiger partial charge in [-0.2, -0.15) is 0 Å². The van der Waals surface area contributed by atoms with Crippen LogP contribution in [0.4, 0.5) is 0 Å². The average Bonchev–Trinajstić information content (AvgIpc) is 2.57. The summed E-state index contributed by atoms with van der Waals surface area (Å²) in [6.07, 6.45) is 8.95. The zero-order chi connectivity index (χ0) is 13.9. The molecule has 106 valence electrons. The Hall–Kier alpha value is -0.820. The Labute approximate surface area is 118 Å². The van der Waals surface area contributed by atoms with Gasteiger partial charge < -0.3 is 5.73 Å². The first-order valence-corrected chi connectivity index (χ1v) is 7.92. The van der Waals surface area contributed by atoms with Gasteiger partial charge in [0.25, 0.3) is 0 Å². The Morgan fingerprint density at radius 2 is 1.95 bits per heavy atom. The normalized spacial score (nSPS) is 28.1. The maximum atomic E-state index is 6.76. The lowest BCUT2D eigenvalue weighted by Gasteiger charge is -2.29. The second kappa shape index (κ2) is 6.09. The van der Waals surface area contributed by atoms with Crippen molar-refractivity contribution in [2.75, 3.05) is 0 Å². The van der Waals surface area contributed by atoms with Crippen LogP contribution >= 0.6 is 0 Å². The Balaban J connectivity index is 2.15. The fourth-order valence-electron chi connectivity index (χ4n) is 3.47. The van der Waals surface area contributed by atoms with Crippen LogP contribution in [0.3, 0.4) is 0 Å². The minimum Gasteiger partial charge on any atom is -0.321 e. The Morgan fingerprint density at radius 1 is 1.16 bits per heavy atom. The molecule has 2 unspecified atom stereocenters. The average molecular weight is 259 g/mol. The Morgan fingerprint density at radius 3 is 2.63 bits per heavy atom. The third kappa shape index (κ3) is 3.39. The number of hydrogen-bond donors (Lipinski definition) is 1. The van der Waals surface area contributed by atoms with Gasteiger partial charge in [-0.25, -0.2) is 0 Å². The van der Waals surface area contributed by atoms with Crippen LogP contribution in [0.1, 0.15) is 68.6 Å². The van der Waals surface area contributed by atoms with E-state index >= 15 is 0 Å². The van der Waals surface area contributed by atoms with Crippen LogP contribution in [0.2, 0.25) is 0 Å². The van der Waals surface area contributed by atoms with Crippen LogP contribution in [0.5, 0.6) is 0 Å². The molecule has 1 nitrogen and oxygen atoms in total. The van der Waals surface area contributed by atoms with E-state index in [0.29, 0.717) is 0 Å². The van der Waals surface area contributed by atoms with Gasteiger partial charge >= 0.3 is 0 Å². The highest BCUT2D eigenvalue weighted by molar-refractivity contribution is 5.34. The van der Waals surface area contributed by atoms with Crippen molar-refractivity contribution in [2.24, 2.45) is 11.7 Å². The van der Waals surface area contributed by atoms with Crippen molar-refractivity contribution < 1.29 is 0 Å². The minimum absolute atomic E-state index is 0.0824. The van der Waals surface area contributed by atoms with Gasteiger partial charge in [-0.1, -0.05) is 50.8 Å². The van der Waals surface area contributed by atoms with Crippen molar-refractivity contribution in [3.05, 3.63) is 34.9 Å². The van der Waals surface area contributed by atoms with Gasteiger partial charge in [-0.3, -0.25) is 0 Å². The van der Waals surface area contributed by atoms with Crippen LogP contribution in [0, 0.1) is 19.8 Å². The van der Waals surface area contributed by atoms with Crippen molar-refractivity contribution in [3.8, 4) is 0 Å². The zero-order valence-electron chi connectivity index (χ0n) is 12.8. The van der Waals surface area contributed by atoms with Crippen LogP contribution in [0.15, 0.2) is 18.2 Å². The van der Waals surface area contributed by atoms with Gasteiger partial charge in [0.2, 0.25) is 0 Å². The Kier molecular flexibility index (Phi) is 4.67. The molecule has 1 aromatic rings. The first-order chi connectivity index (χ1) is 9.05. The second-order valence-corrected chi connectivity index (χ2v) is 6.54. The highest BCUT2D eigenvalue weighted by atomic mass is 14.7. The number of hydrogen-bond acceptors (Lipinski definition) is 1. The number of nitrogens with two attached hydrogens (primary N) is 1. The molecule has 2 rings (SSSR count). The topological polar surface area (TPSA) is 26.0 Å². The summed E-state index contributed by atoms with van der Waals surface area (Å²) in [5, 5.41) is 0. The lowest BCUT2D eigenvalue weighted by atomic mass is 9.82. The molecule has 0 saturated heterocycles. The van der Waals surface area contributed by atoms with Gasteiger partial charge in [0.15, 0.2) is 0 Å². The molecular formula is C18H29N. The van der Waals surface area contributed by atoms with Crippen LogP contribution in [-0.2, 0) is 5.54 Å². The summed E-state index contributed by atoms with van der Waals surface area (Å²) >= 11 is 0. The maximum absolute atomic E-state index is 6.76. The molecule has 0 bridgehead atoms. The molecule has 0 heterocycles. The molecule has 2 N–H and O–H groups in total. The van der Waals surface area contributed by atoms with Crippen molar-refractivity contribution in [2.45, 2.75) is 71.3 Å². The quantitative estimate of drug-likeness (QED) is 0.772. The first kappa shape index (κ1) is 14.6. The lowest BCUT2D eigenvalue weighted by Crippen LogP contribution is -2.36. The highest BCUT2D eigenvalue weighted by Crippen LogP contribution is 2.37. The molecule has 0 radical (unpaired) electrons. The molecule has 0 aliphatic heterocycles. The molecule has 1 saturated carbocycles. The molecule has 1 aromatic carbocycles. The summed E-state index contributed by atoms with van der Waals surface area (Å²) in [6.45, 7) is 6.66. The number of benzene rings is 1. The van der Waals surface area contributed by atoms with E-state index in [1.165, 1.54) is 48.8 Å². The van der Waals surface area contributed by atoms with Gasteiger partial charge in [0, 0.05) is 5.54 Å². The van der Waals surface area contributed by atoms with E-state index in [9.17, 15) is 0 Å². The predicted molar refractivity (Wildman–Crippen MR) is 83.3 cm³/mol. The predicted octanol–water partition coefficient (Wildman–Crippen LogP) is 4.84. The number of rotatable bonds is 3. The Bertz CT molecular complexity index is 424. The largest absolute Gasteiger partial charge is 0.321 e. The monoisotopic (exact) mass is 259 g/mol. The van der Waals surface area contributed by atoms with E-state index in [-0.39, 0.29) is 5.54 Å². The molecule has 1 aliphatic carbocycles. The molecule has 1 aliphatic rings. The summed E-state index contributed by atoms with van der Waals surface area (Å²) in [5.74, 6) is 0.905. The van der Waals surface area contributed by atoms with E-state index in [1.807, 2.05) is 0 Å². The van der Waals surface area contributed by atoms with E-state index in [2.05, 4.69) is 39.0 Å². The third-order valence-electron chi connectivity index (χ3n) is 5.01. The summed E-state index contributed by atoms with van der Waals surface area (Å²) in [6, 6.07) is 6.80. The summed E-state index contributed by atoms with van der Waals surface area (Å²) in [4.78, 5) is 0. The first-order valence-electron chi connectivity index (χ1n) is 7.92. The molecule has 0 spiro atoms. The van der Waals surface area contributed by atoms with E-state index < -0.39 is 0 Å². The fourth-order valence-corrected chi connectivity index (χ4v) is 3.47. The van der Waals surface area contributed by atoms with E-state index in [1.54, 1.807) is 0 Å². The van der Waals surface area contributed by atoms with Crippen LogP contribution in [0.25, 0.3) is 0 Å². The van der Waals surface area contributed by atoms with Crippen molar-refractivity contribution in [1.29, 1.82) is 0 Å². The third-order valence-corrected chi connectivity index (χ3v) is 5.01. The molecule has 0 amide bonds. The van der Waals surface area contributed by atoms with Gasteiger partial charge in [-0.15, -0.1) is 0 Å². The van der Waals surface area contributed by atoms with Gasteiger partial charge in [-0.05, 0) is 55.7 Å². The van der Waals surface area contributed by atoms with Gasteiger partial charge in [0.05, 0.1) is 0 Å². The highest BCUT2D eigenvalue weighted by Gasteiger charge is 2.30. The van der Waals surface area contributed by atoms with Crippen molar-refractivity contribution >= 4 is 0 Å². The molecule has 19 heavy (non-hydrogen) atoms. The standard InChI is InChI=1S/C18H29N/c1-4-6-16-7-5-11-18(19,12-10-16)17-9-8-14(2)15(3)13-17/h8-9,13,16H,4-7,10-12,19H2,1-3H3. The molecule has 1 heteroatoms. The number of aryl methyl sites for hydroxylation is 2. The molecule has 0 aromatic heterocycles. The van der Waals surface area contributed by atoms with Crippen molar-refractivity contribution in [3.63, 3.8) is 0 Å². The summed E-state index contributed by atoms with van der Waals surface area (Å²) in [7, 11) is 0. The molecule has 2 atom stereocenters. The van der Waals surface area contributed by atoms with E-state index in [4.69, 9.17) is 5.73 Å². The van der Waals surface area contributed by atoms with E-state index in [0.717, 1.165) is 18.8 Å². The summed E-state index contributed by atoms with van der Waals surface area (Å²) < 4.78 is 0. The molecule has 1 fully saturated rings. The van der Waals surface area contributed by atoms with Crippen molar-refractivity contribution in [1.82, 2.24) is 0 Å². The van der Waals surface area contributed by atoms with Crippen LogP contribution < -0.4 is 5.73 Å². The van der Waals surface area contributed by atoms with Gasteiger partial charge in [0.1, 0.15) is 0 Å². The second-order valence-electron chi connectivity index (χ2n) is 6.54. The van der Waals surface area contributed by atoms with Crippen LogP contribution in [-0.4, -0.2) is 0 Å².